The molecule has 0 aliphatic heterocycles. The van der Waals surface area contributed by atoms with Crippen LogP contribution in [0, 0.1) is 17.8 Å². The molecule has 3 aromatic rings. The van der Waals surface area contributed by atoms with Crippen LogP contribution in [0.25, 0.3) is 11.1 Å². The summed E-state index contributed by atoms with van der Waals surface area (Å²) in [5.41, 5.74) is 3.27. The lowest BCUT2D eigenvalue weighted by Gasteiger charge is -2.16. The molecule has 2 aliphatic rings. The lowest BCUT2D eigenvalue weighted by atomic mass is 9.94. The van der Waals surface area contributed by atoms with E-state index in [1.54, 1.807) is 0 Å². The molecule has 0 amide bonds. The summed E-state index contributed by atoms with van der Waals surface area (Å²) in [6.07, 6.45) is 19.8. The Bertz CT molecular complexity index is 1280. The van der Waals surface area contributed by atoms with Gasteiger partial charge in [-0.25, -0.2) is 0 Å². The Morgan fingerprint density at radius 2 is 1.19 bits per heavy atom. The van der Waals surface area contributed by atoms with Crippen molar-refractivity contribution in [1.29, 1.82) is 0 Å². The molecule has 0 saturated heterocycles. The second-order valence-electron chi connectivity index (χ2n) is 12.3. The van der Waals surface area contributed by atoms with E-state index in [0.29, 0.717) is 24.2 Å². The highest BCUT2D eigenvalue weighted by Crippen LogP contribution is 2.44. The lowest BCUT2D eigenvalue weighted by Crippen LogP contribution is -2.23. The number of carbonyl (C=O) groups excluding carboxylic acids is 1. The van der Waals surface area contributed by atoms with Crippen molar-refractivity contribution in [3.8, 4) is 28.4 Å². The summed E-state index contributed by atoms with van der Waals surface area (Å²) in [5, 5.41) is 0. The van der Waals surface area contributed by atoms with Crippen LogP contribution in [0.3, 0.4) is 0 Å². The number of hydrogen-bond donors (Lipinski definition) is 0. The molecule has 0 aromatic heterocycles. The van der Waals surface area contributed by atoms with Gasteiger partial charge in [0, 0.05) is 0 Å². The number of carbonyl (C=O) groups is 1. The largest absolute Gasteiger partial charge is 0.494 e. The number of unbranched alkanes of at least 4 members (excludes halogenated alkanes) is 9. The molecule has 3 aromatic carbocycles. The fourth-order valence-electron chi connectivity index (χ4n) is 6.33. The molecular weight excluding hydrogens is 532 g/mol. The monoisotopic (exact) mass is 580 g/mol. The minimum atomic E-state index is -0.0994. The lowest BCUT2D eigenvalue weighted by molar-refractivity contribution is -0.139. The fourth-order valence-corrected chi connectivity index (χ4v) is 6.33. The molecule has 228 valence electrons. The molecular formula is C39H48O4. The number of ether oxygens (including phenoxy) is 3. The Kier molecular flexibility index (Phi) is 11.8. The van der Waals surface area contributed by atoms with Gasteiger partial charge in [-0.05, 0) is 84.2 Å². The van der Waals surface area contributed by atoms with Gasteiger partial charge in [-0.2, -0.15) is 0 Å². The molecule has 3 atom stereocenters. The first kappa shape index (κ1) is 30.9. The quantitative estimate of drug-likeness (QED) is 0.0650. The Morgan fingerprint density at radius 3 is 1.77 bits per heavy atom. The van der Waals surface area contributed by atoms with Crippen LogP contribution in [-0.4, -0.2) is 12.6 Å². The number of esters is 1. The highest BCUT2D eigenvalue weighted by Gasteiger charge is 2.40. The molecule has 0 heterocycles. The second-order valence-corrected chi connectivity index (χ2v) is 12.3. The van der Waals surface area contributed by atoms with E-state index in [0.717, 1.165) is 54.1 Å². The van der Waals surface area contributed by atoms with Crippen molar-refractivity contribution in [2.24, 2.45) is 17.8 Å². The highest BCUT2D eigenvalue weighted by molar-refractivity contribution is 5.77. The molecule has 43 heavy (non-hydrogen) atoms. The molecule has 5 rings (SSSR count). The summed E-state index contributed by atoms with van der Waals surface area (Å²) in [6, 6.07) is 24.1. The van der Waals surface area contributed by atoms with E-state index in [9.17, 15) is 4.79 Å². The zero-order valence-corrected chi connectivity index (χ0v) is 25.8. The molecule has 2 bridgehead atoms. The summed E-state index contributed by atoms with van der Waals surface area (Å²) in [6.45, 7) is 3.57. The van der Waals surface area contributed by atoms with Crippen LogP contribution in [0.15, 0.2) is 84.9 Å². The van der Waals surface area contributed by atoms with Gasteiger partial charge in [0.25, 0.3) is 0 Å². The number of benzene rings is 3. The van der Waals surface area contributed by atoms with E-state index in [2.05, 4.69) is 43.3 Å². The average molecular weight is 581 g/mol. The van der Waals surface area contributed by atoms with Crippen LogP contribution in [0.2, 0.25) is 0 Å². The van der Waals surface area contributed by atoms with Gasteiger partial charge in [-0.3, -0.25) is 4.79 Å². The van der Waals surface area contributed by atoms with E-state index in [1.165, 1.54) is 57.8 Å². The van der Waals surface area contributed by atoms with Crippen molar-refractivity contribution in [1.82, 2.24) is 0 Å². The van der Waals surface area contributed by atoms with Crippen molar-refractivity contribution in [2.75, 3.05) is 6.61 Å². The Hall–Kier alpha value is -3.53. The summed E-state index contributed by atoms with van der Waals surface area (Å²) in [4.78, 5) is 12.6. The molecule has 4 nitrogen and oxygen atoms in total. The second kappa shape index (κ2) is 16.4. The predicted molar refractivity (Wildman–Crippen MR) is 174 cm³/mol. The van der Waals surface area contributed by atoms with Gasteiger partial charge in [-0.1, -0.05) is 113 Å². The van der Waals surface area contributed by atoms with Crippen molar-refractivity contribution in [2.45, 2.75) is 90.6 Å². The Morgan fingerprint density at radius 1 is 0.628 bits per heavy atom. The van der Waals surface area contributed by atoms with E-state index < -0.39 is 0 Å². The first-order chi connectivity index (χ1) is 21.2. The van der Waals surface area contributed by atoms with Crippen molar-refractivity contribution in [3.05, 3.63) is 90.5 Å². The van der Waals surface area contributed by atoms with Crippen molar-refractivity contribution in [3.63, 3.8) is 0 Å². The van der Waals surface area contributed by atoms with E-state index in [1.807, 2.05) is 48.5 Å². The van der Waals surface area contributed by atoms with Crippen molar-refractivity contribution >= 4 is 5.97 Å². The fraction of sp³-hybridized carbons (Fsp3) is 0.462. The zero-order chi connectivity index (χ0) is 29.7. The Balaban J connectivity index is 0.969. The maximum absolute atomic E-state index is 12.6. The maximum atomic E-state index is 12.6. The van der Waals surface area contributed by atoms with Gasteiger partial charge in [0.2, 0.25) is 0 Å². The van der Waals surface area contributed by atoms with E-state index >= 15 is 0 Å². The topological polar surface area (TPSA) is 44.8 Å². The zero-order valence-electron chi connectivity index (χ0n) is 25.8. The van der Waals surface area contributed by atoms with Gasteiger partial charge >= 0.3 is 5.97 Å². The first-order valence-electron chi connectivity index (χ1n) is 16.6. The maximum Gasteiger partial charge on any atom is 0.314 e. The smallest absolute Gasteiger partial charge is 0.314 e. The third-order valence-corrected chi connectivity index (χ3v) is 8.94. The molecule has 0 spiro atoms. The third-order valence-electron chi connectivity index (χ3n) is 8.94. The van der Waals surface area contributed by atoms with Crippen LogP contribution < -0.4 is 14.2 Å². The molecule has 1 saturated carbocycles. The van der Waals surface area contributed by atoms with Crippen LogP contribution in [0.4, 0.5) is 0 Å². The minimum Gasteiger partial charge on any atom is -0.494 e. The molecule has 0 radical (unpaired) electrons. The standard InChI is InChI=1S/C39H48O4/c1-2-3-4-5-6-7-8-9-10-11-26-41-35-20-13-30(14-21-35)29-42-36-22-16-32(17-23-36)33-18-24-37(25-19-33)43-39(40)38-28-31-12-15-34(38)27-31/h12-25,31,34,38H,2-11,26-29H2,1H3. The number of hydrogen-bond acceptors (Lipinski definition) is 4. The molecule has 1 fully saturated rings. The van der Waals surface area contributed by atoms with E-state index in [4.69, 9.17) is 14.2 Å². The van der Waals surface area contributed by atoms with Crippen LogP contribution in [0.5, 0.6) is 17.2 Å². The first-order valence-corrected chi connectivity index (χ1v) is 16.6. The molecule has 2 aliphatic carbocycles. The average Bonchev–Trinajstić information content (AvgIpc) is 3.68. The van der Waals surface area contributed by atoms with Gasteiger partial charge in [0.15, 0.2) is 0 Å². The normalized spacial score (nSPS) is 18.6. The van der Waals surface area contributed by atoms with Crippen LogP contribution >= 0.6 is 0 Å². The van der Waals surface area contributed by atoms with E-state index in [-0.39, 0.29) is 11.9 Å². The van der Waals surface area contributed by atoms with Crippen LogP contribution in [0.1, 0.15) is 89.5 Å². The number of allylic oxidation sites excluding steroid dienone is 2. The number of fused-ring (bicyclic) bond motifs is 2. The number of rotatable bonds is 18. The summed E-state index contributed by atoms with van der Waals surface area (Å²) >= 11 is 0. The SMILES string of the molecule is CCCCCCCCCCCCOc1ccc(COc2ccc(-c3ccc(OC(=O)C4CC5C=CC4C5)cc3)cc2)cc1. The molecule has 4 heteroatoms. The third kappa shape index (κ3) is 9.48. The van der Waals surface area contributed by atoms with Gasteiger partial charge in [0.05, 0.1) is 12.5 Å². The van der Waals surface area contributed by atoms with Gasteiger partial charge in [0.1, 0.15) is 23.9 Å². The molecule has 3 unspecified atom stereocenters. The Labute approximate surface area is 258 Å². The minimum absolute atomic E-state index is 0.00713. The van der Waals surface area contributed by atoms with Gasteiger partial charge in [-0.15, -0.1) is 0 Å². The van der Waals surface area contributed by atoms with Crippen LogP contribution in [-0.2, 0) is 11.4 Å². The molecule has 0 N–H and O–H groups in total. The van der Waals surface area contributed by atoms with Gasteiger partial charge < -0.3 is 14.2 Å². The highest BCUT2D eigenvalue weighted by atomic mass is 16.5. The van der Waals surface area contributed by atoms with Crippen molar-refractivity contribution < 1.29 is 19.0 Å². The summed E-state index contributed by atoms with van der Waals surface area (Å²) < 4.78 is 17.7. The predicted octanol–water partition coefficient (Wildman–Crippen LogP) is 10.3. The summed E-state index contributed by atoms with van der Waals surface area (Å²) in [7, 11) is 0. The summed E-state index contributed by atoms with van der Waals surface area (Å²) in [5.74, 6) is 3.18.